The first-order valence-corrected chi connectivity index (χ1v) is 7.48. The Balaban J connectivity index is 2.58. The Morgan fingerprint density at radius 3 is 2.27 bits per heavy atom. The topological polar surface area (TPSA) is 125 Å². The van der Waals surface area contributed by atoms with E-state index in [2.05, 4.69) is 4.74 Å². The van der Waals surface area contributed by atoms with Gasteiger partial charge in [-0.15, -0.1) is 0 Å². The number of rotatable bonds is 6. The molecule has 0 N–H and O–H groups in total. The fraction of sp³-hybridized carbons (Fsp3) is 0.312. The van der Waals surface area contributed by atoms with Gasteiger partial charge in [0.05, 0.1) is 25.7 Å². The van der Waals surface area contributed by atoms with Gasteiger partial charge in [-0.3, -0.25) is 19.8 Å². The SMILES string of the molecule is CCOC1=C(C(=O)OC)C(C(=O)OC)N(c2ccc([N+](=O)[O-])cc2)C1=O. The number of non-ortho nitro benzene ring substituents is 1. The van der Waals surface area contributed by atoms with Crippen LogP contribution in [0.25, 0.3) is 0 Å². The zero-order valence-corrected chi connectivity index (χ0v) is 14.3. The predicted octanol–water partition coefficient (Wildman–Crippen LogP) is 0.947. The third-order valence-electron chi connectivity index (χ3n) is 3.65. The summed E-state index contributed by atoms with van der Waals surface area (Å²) >= 11 is 0. The second kappa shape index (κ2) is 7.64. The largest absolute Gasteiger partial charge is 0.488 e. The molecule has 0 saturated carbocycles. The Bertz CT molecular complexity index is 784. The summed E-state index contributed by atoms with van der Waals surface area (Å²) in [6, 6.07) is 3.50. The van der Waals surface area contributed by atoms with E-state index in [9.17, 15) is 24.5 Å². The number of ether oxygens (including phenoxy) is 3. The van der Waals surface area contributed by atoms with Crippen LogP contribution in [0.1, 0.15) is 6.92 Å². The summed E-state index contributed by atoms with van der Waals surface area (Å²) in [4.78, 5) is 48.4. The van der Waals surface area contributed by atoms with Crippen molar-refractivity contribution in [3.63, 3.8) is 0 Å². The molecule has 1 unspecified atom stereocenters. The first-order chi connectivity index (χ1) is 12.4. The van der Waals surface area contributed by atoms with E-state index < -0.39 is 28.8 Å². The Kier molecular flexibility index (Phi) is 5.55. The van der Waals surface area contributed by atoms with Crippen LogP contribution < -0.4 is 4.90 Å². The molecule has 26 heavy (non-hydrogen) atoms. The van der Waals surface area contributed by atoms with E-state index in [-0.39, 0.29) is 29.3 Å². The highest BCUT2D eigenvalue weighted by molar-refractivity contribution is 6.20. The lowest BCUT2D eigenvalue weighted by Crippen LogP contribution is -2.43. The molecule has 1 aromatic carbocycles. The van der Waals surface area contributed by atoms with E-state index in [0.717, 1.165) is 19.1 Å². The Morgan fingerprint density at radius 2 is 1.81 bits per heavy atom. The van der Waals surface area contributed by atoms with Gasteiger partial charge in [-0.05, 0) is 19.1 Å². The summed E-state index contributed by atoms with van der Waals surface area (Å²) in [6.45, 7) is 1.68. The van der Waals surface area contributed by atoms with Crippen LogP contribution >= 0.6 is 0 Å². The molecule has 0 aromatic heterocycles. The van der Waals surface area contributed by atoms with Crippen molar-refractivity contribution in [2.45, 2.75) is 13.0 Å². The number of esters is 2. The van der Waals surface area contributed by atoms with Crippen LogP contribution in [-0.4, -0.2) is 49.6 Å². The van der Waals surface area contributed by atoms with Crippen LogP contribution in [0.3, 0.4) is 0 Å². The van der Waals surface area contributed by atoms with Gasteiger partial charge in [0.15, 0.2) is 11.8 Å². The summed E-state index contributed by atoms with van der Waals surface area (Å²) < 4.78 is 14.6. The number of carbonyl (C=O) groups is 3. The van der Waals surface area contributed by atoms with Crippen LogP contribution in [0.5, 0.6) is 0 Å². The highest BCUT2D eigenvalue weighted by Crippen LogP contribution is 2.34. The zero-order chi connectivity index (χ0) is 19.4. The van der Waals surface area contributed by atoms with Crippen LogP contribution in [-0.2, 0) is 28.6 Å². The number of anilines is 1. The highest BCUT2D eigenvalue weighted by atomic mass is 16.6. The number of carbonyl (C=O) groups excluding carboxylic acids is 3. The number of methoxy groups -OCH3 is 2. The van der Waals surface area contributed by atoms with Gasteiger partial charge in [0, 0.05) is 17.8 Å². The van der Waals surface area contributed by atoms with Gasteiger partial charge >= 0.3 is 11.9 Å². The lowest BCUT2D eigenvalue weighted by Gasteiger charge is -2.23. The van der Waals surface area contributed by atoms with Gasteiger partial charge < -0.3 is 14.2 Å². The molecule has 0 bridgehead atoms. The average Bonchev–Trinajstić information content (AvgIpc) is 2.93. The summed E-state index contributed by atoms with van der Waals surface area (Å²) in [6.07, 6.45) is 0. The lowest BCUT2D eigenvalue weighted by molar-refractivity contribution is -0.384. The Labute approximate surface area is 148 Å². The molecular formula is C16H16N2O8. The fourth-order valence-electron chi connectivity index (χ4n) is 2.53. The number of amides is 1. The van der Waals surface area contributed by atoms with Crippen molar-refractivity contribution in [2.75, 3.05) is 25.7 Å². The Hall–Kier alpha value is -3.43. The van der Waals surface area contributed by atoms with E-state index in [1.54, 1.807) is 6.92 Å². The molecule has 1 aliphatic rings. The first kappa shape index (κ1) is 18.9. The smallest absolute Gasteiger partial charge is 0.340 e. The van der Waals surface area contributed by atoms with Crippen molar-refractivity contribution < 1.29 is 33.5 Å². The van der Waals surface area contributed by atoms with Gasteiger partial charge in [0.2, 0.25) is 0 Å². The van der Waals surface area contributed by atoms with Crippen molar-refractivity contribution in [3.8, 4) is 0 Å². The Morgan fingerprint density at radius 1 is 1.19 bits per heavy atom. The number of hydrogen-bond donors (Lipinski definition) is 0. The molecule has 1 atom stereocenters. The van der Waals surface area contributed by atoms with Crippen molar-refractivity contribution in [3.05, 3.63) is 45.7 Å². The van der Waals surface area contributed by atoms with E-state index >= 15 is 0 Å². The first-order valence-electron chi connectivity index (χ1n) is 7.48. The minimum Gasteiger partial charge on any atom is -0.488 e. The quantitative estimate of drug-likeness (QED) is 0.415. The normalized spacial score (nSPS) is 16.5. The molecule has 10 nitrogen and oxygen atoms in total. The lowest BCUT2D eigenvalue weighted by atomic mass is 10.1. The molecule has 1 amide bonds. The molecule has 0 saturated heterocycles. The predicted molar refractivity (Wildman–Crippen MR) is 87.1 cm³/mol. The number of nitrogens with zero attached hydrogens (tertiary/aromatic N) is 2. The third kappa shape index (κ3) is 3.21. The monoisotopic (exact) mass is 364 g/mol. The molecule has 0 aliphatic carbocycles. The number of nitro benzene ring substituents is 1. The second-order valence-corrected chi connectivity index (χ2v) is 5.04. The van der Waals surface area contributed by atoms with E-state index in [1.165, 1.54) is 24.3 Å². The van der Waals surface area contributed by atoms with Gasteiger partial charge in [-0.25, -0.2) is 9.59 Å². The molecule has 1 aliphatic heterocycles. The van der Waals surface area contributed by atoms with Gasteiger partial charge in [0.25, 0.3) is 11.6 Å². The molecule has 0 fully saturated rings. The van der Waals surface area contributed by atoms with E-state index in [1.807, 2.05) is 0 Å². The van der Waals surface area contributed by atoms with Gasteiger partial charge in [-0.2, -0.15) is 0 Å². The average molecular weight is 364 g/mol. The third-order valence-corrected chi connectivity index (χ3v) is 3.65. The van der Waals surface area contributed by atoms with Crippen LogP contribution in [0.4, 0.5) is 11.4 Å². The molecular weight excluding hydrogens is 348 g/mol. The minimum atomic E-state index is -1.43. The molecule has 0 radical (unpaired) electrons. The fourth-order valence-corrected chi connectivity index (χ4v) is 2.53. The molecule has 138 valence electrons. The number of hydrogen-bond acceptors (Lipinski definition) is 8. The summed E-state index contributed by atoms with van der Waals surface area (Å²) in [5, 5.41) is 10.8. The summed E-state index contributed by atoms with van der Waals surface area (Å²) in [7, 11) is 2.21. The standard InChI is InChI=1S/C16H16N2O8/c1-4-26-13-11(15(20)24-2)12(16(21)25-3)17(14(13)19)9-5-7-10(8-6-9)18(22)23/h5-8,12H,4H2,1-3H3. The van der Waals surface area contributed by atoms with Crippen molar-refractivity contribution >= 4 is 29.2 Å². The van der Waals surface area contributed by atoms with Crippen molar-refractivity contribution in [1.82, 2.24) is 0 Å². The maximum absolute atomic E-state index is 12.8. The molecule has 1 heterocycles. The van der Waals surface area contributed by atoms with Crippen LogP contribution in [0, 0.1) is 10.1 Å². The maximum Gasteiger partial charge on any atom is 0.340 e. The molecule has 1 aromatic rings. The molecule has 0 spiro atoms. The van der Waals surface area contributed by atoms with Crippen molar-refractivity contribution in [1.29, 1.82) is 0 Å². The zero-order valence-electron chi connectivity index (χ0n) is 14.3. The molecule has 10 heteroatoms. The van der Waals surface area contributed by atoms with Gasteiger partial charge in [-0.1, -0.05) is 0 Å². The van der Waals surface area contributed by atoms with Crippen molar-refractivity contribution in [2.24, 2.45) is 0 Å². The van der Waals surface area contributed by atoms with Crippen LogP contribution in [0.2, 0.25) is 0 Å². The number of nitro groups is 1. The summed E-state index contributed by atoms with van der Waals surface area (Å²) in [5.41, 5.74) is -0.321. The number of benzene rings is 1. The van der Waals surface area contributed by atoms with E-state index in [4.69, 9.17) is 9.47 Å². The summed E-state index contributed by atoms with van der Waals surface area (Å²) in [5.74, 6) is -2.88. The minimum absolute atomic E-state index is 0.0730. The molecule has 2 rings (SSSR count). The van der Waals surface area contributed by atoms with E-state index in [0.29, 0.717) is 0 Å². The second-order valence-electron chi connectivity index (χ2n) is 5.04. The van der Waals surface area contributed by atoms with Gasteiger partial charge in [0.1, 0.15) is 5.57 Å². The van der Waals surface area contributed by atoms with Crippen LogP contribution in [0.15, 0.2) is 35.6 Å². The maximum atomic E-state index is 12.8. The highest BCUT2D eigenvalue weighted by Gasteiger charge is 2.49.